The van der Waals surface area contributed by atoms with Gasteiger partial charge in [-0.1, -0.05) is 39.1 Å². The number of methoxy groups -OCH3 is 1. The first-order chi connectivity index (χ1) is 8.52. The molecule has 1 rings (SSSR count). The minimum atomic E-state index is -0.184. The molecule has 1 aromatic rings. The molecule has 6 heteroatoms. The van der Waals surface area contributed by atoms with Gasteiger partial charge in [-0.25, -0.2) is 0 Å². The molecule has 1 amide bonds. The zero-order chi connectivity index (χ0) is 13.5. The Balaban J connectivity index is 2.45. The summed E-state index contributed by atoms with van der Waals surface area (Å²) in [6, 6.07) is 4.76. The monoisotopic (exact) mass is 353 g/mol. The van der Waals surface area contributed by atoms with Gasteiger partial charge in [-0.15, -0.1) is 0 Å². The lowest BCUT2D eigenvalue weighted by Gasteiger charge is -2.09. The number of halogens is 3. The van der Waals surface area contributed by atoms with Crippen molar-refractivity contribution in [2.24, 2.45) is 0 Å². The Morgan fingerprint density at radius 3 is 2.56 bits per heavy atom. The van der Waals surface area contributed by atoms with E-state index in [1.165, 1.54) is 0 Å². The van der Waals surface area contributed by atoms with Crippen LogP contribution in [-0.2, 0) is 4.74 Å². The number of benzene rings is 1. The number of nitrogens with one attached hydrogen (secondary N) is 1. The summed E-state index contributed by atoms with van der Waals surface area (Å²) in [6.45, 7) is 1.17. The Bertz CT molecular complexity index is 395. The maximum Gasteiger partial charge on any atom is 0.251 e. The van der Waals surface area contributed by atoms with E-state index >= 15 is 0 Å². The van der Waals surface area contributed by atoms with Gasteiger partial charge in [0, 0.05) is 34.1 Å². The Hall–Kier alpha value is -0.290. The maximum absolute atomic E-state index is 11.8. The van der Waals surface area contributed by atoms with Gasteiger partial charge in [-0.2, -0.15) is 0 Å². The number of alkyl halides is 1. The molecule has 1 unspecified atom stereocenters. The van der Waals surface area contributed by atoms with Crippen LogP contribution in [0.5, 0.6) is 0 Å². The molecule has 0 spiro atoms. The molecule has 0 radical (unpaired) electrons. The van der Waals surface area contributed by atoms with Crippen molar-refractivity contribution in [3.63, 3.8) is 0 Å². The third-order valence-electron chi connectivity index (χ3n) is 2.22. The molecule has 18 heavy (non-hydrogen) atoms. The molecule has 1 N–H and O–H groups in total. The van der Waals surface area contributed by atoms with Crippen LogP contribution < -0.4 is 5.32 Å². The Labute approximate surface area is 125 Å². The molecule has 0 aliphatic rings. The number of rotatable bonds is 6. The SMILES string of the molecule is COCC(Br)CCNC(=O)c1cc(Cl)cc(Cl)c1. The summed E-state index contributed by atoms with van der Waals surface area (Å²) in [5.74, 6) is -0.184. The van der Waals surface area contributed by atoms with E-state index in [0.717, 1.165) is 6.42 Å². The lowest BCUT2D eigenvalue weighted by Crippen LogP contribution is -2.26. The van der Waals surface area contributed by atoms with Crippen molar-refractivity contribution in [1.29, 1.82) is 0 Å². The zero-order valence-electron chi connectivity index (χ0n) is 9.88. The van der Waals surface area contributed by atoms with Gasteiger partial charge in [0.15, 0.2) is 0 Å². The van der Waals surface area contributed by atoms with Gasteiger partial charge in [0.25, 0.3) is 5.91 Å². The minimum absolute atomic E-state index is 0.184. The van der Waals surface area contributed by atoms with Crippen LogP contribution in [0, 0.1) is 0 Å². The number of carbonyl (C=O) groups excluding carboxylic acids is 1. The number of carbonyl (C=O) groups is 1. The van der Waals surface area contributed by atoms with Gasteiger partial charge in [0.1, 0.15) is 0 Å². The lowest BCUT2D eigenvalue weighted by molar-refractivity contribution is 0.0952. The first kappa shape index (κ1) is 15.8. The fourth-order valence-electron chi connectivity index (χ4n) is 1.39. The molecule has 0 aromatic heterocycles. The zero-order valence-corrected chi connectivity index (χ0v) is 13.0. The molecule has 0 aliphatic heterocycles. The van der Waals surface area contributed by atoms with Crippen LogP contribution in [0.25, 0.3) is 0 Å². The minimum Gasteiger partial charge on any atom is -0.384 e. The van der Waals surface area contributed by atoms with Gasteiger partial charge < -0.3 is 10.1 Å². The number of hydrogen-bond acceptors (Lipinski definition) is 2. The van der Waals surface area contributed by atoms with E-state index in [9.17, 15) is 4.79 Å². The van der Waals surface area contributed by atoms with Gasteiger partial charge in [0.2, 0.25) is 0 Å². The lowest BCUT2D eigenvalue weighted by atomic mass is 10.2. The number of hydrogen-bond donors (Lipinski definition) is 1. The van der Waals surface area contributed by atoms with E-state index < -0.39 is 0 Å². The second kappa shape index (κ2) is 8.00. The van der Waals surface area contributed by atoms with Crippen LogP contribution in [0.2, 0.25) is 10.0 Å². The molecule has 1 aromatic carbocycles. The molecule has 0 saturated heterocycles. The van der Waals surface area contributed by atoms with Gasteiger partial charge in [-0.3, -0.25) is 4.79 Å². The van der Waals surface area contributed by atoms with Crippen LogP contribution in [0.15, 0.2) is 18.2 Å². The molecule has 3 nitrogen and oxygen atoms in total. The van der Waals surface area contributed by atoms with E-state index in [-0.39, 0.29) is 10.7 Å². The summed E-state index contributed by atoms with van der Waals surface area (Å²) in [4.78, 5) is 12.0. The average molecular weight is 355 g/mol. The Kier molecular flexibility index (Phi) is 7.00. The van der Waals surface area contributed by atoms with Crippen molar-refractivity contribution < 1.29 is 9.53 Å². The summed E-state index contributed by atoms with van der Waals surface area (Å²) < 4.78 is 4.98. The van der Waals surface area contributed by atoms with Gasteiger partial charge in [-0.05, 0) is 24.6 Å². The molecule has 0 heterocycles. The predicted molar refractivity (Wildman–Crippen MR) is 78.0 cm³/mol. The summed E-state index contributed by atoms with van der Waals surface area (Å²) in [7, 11) is 1.64. The van der Waals surface area contributed by atoms with Crippen molar-refractivity contribution in [2.75, 3.05) is 20.3 Å². The van der Waals surface area contributed by atoms with Gasteiger partial charge in [0.05, 0.1) is 6.61 Å². The molecular formula is C12H14BrCl2NO2. The standard InChI is InChI=1S/C12H14BrCl2NO2/c1-18-7-9(13)2-3-16-12(17)8-4-10(14)6-11(15)5-8/h4-6,9H,2-3,7H2,1H3,(H,16,17). The van der Waals surface area contributed by atoms with Crippen molar-refractivity contribution in [2.45, 2.75) is 11.2 Å². The van der Waals surface area contributed by atoms with Crippen LogP contribution in [0.4, 0.5) is 0 Å². The quantitative estimate of drug-likeness (QED) is 0.793. The smallest absolute Gasteiger partial charge is 0.251 e. The normalized spacial score (nSPS) is 12.2. The summed E-state index contributed by atoms with van der Waals surface area (Å²) in [5.41, 5.74) is 0.463. The van der Waals surface area contributed by atoms with Crippen molar-refractivity contribution in [3.8, 4) is 0 Å². The second-order valence-electron chi connectivity index (χ2n) is 3.76. The summed E-state index contributed by atoms with van der Waals surface area (Å²) >= 11 is 15.1. The van der Waals surface area contributed by atoms with E-state index in [2.05, 4.69) is 21.2 Å². The van der Waals surface area contributed by atoms with Crippen molar-refractivity contribution in [3.05, 3.63) is 33.8 Å². The number of ether oxygens (including phenoxy) is 1. The molecule has 0 saturated carbocycles. The average Bonchev–Trinajstić information content (AvgIpc) is 2.27. The van der Waals surface area contributed by atoms with Crippen LogP contribution in [0.3, 0.4) is 0 Å². The summed E-state index contributed by atoms with van der Waals surface area (Å²) in [6.07, 6.45) is 0.786. The first-order valence-corrected chi connectivity index (χ1v) is 7.07. The molecule has 0 aliphatic carbocycles. The highest BCUT2D eigenvalue weighted by Gasteiger charge is 2.09. The molecule has 0 fully saturated rings. The van der Waals surface area contributed by atoms with E-state index in [1.54, 1.807) is 25.3 Å². The number of amides is 1. The fourth-order valence-corrected chi connectivity index (χ4v) is 2.41. The maximum atomic E-state index is 11.8. The van der Waals surface area contributed by atoms with Crippen molar-refractivity contribution >= 4 is 45.0 Å². The molecule has 1 atom stereocenters. The van der Waals surface area contributed by atoms with E-state index in [1.807, 2.05) is 0 Å². The van der Waals surface area contributed by atoms with E-state index in [4.69, 9.17) is 27.9 Å². The first-order valence-electron chi connectivity index (χ1n) is 5.40. The predicted octanol–water partition coefficient (Wildman–Crippen LogP) is 3.52. The second-order valence-corrected chi connectivity index (χ2v) is 5.92. The van der Waals surface area contributed by atoms with Crippen LogP contribution in [-0.4, -0.2) is 31.0 Å². The highest BCUT2D eigenvalue weighted by molar-refractivity contribution is 9.09. The molecule has 100 valence electrons. The fraction of sp³-hybridized carbons (Fsp3) is 0.417. The highest BCUT2D eigenvalue weighted by Crippen LogP contribution is 2.18. The third kappa shape index (κ3) is 5.57. The highest BCUT2D eigenvalue weighted by atomic mass is 79.9. The molecular weight excluding hydrogens is 341 g/mol. The van der Waals surface area contributed by atoms with Crippen molar-refractivity contribution in [1.82, 2.24) is 5.32 Å². The van der Waals surface area contributed by atoms with Crippen LogP contribution >= 0.6 is 39.1 Å². The topological polar surface area (TPSA) is 38.3 Å². The van der Waals surface area contributed by atoms with Gasteiger partial charge >= 0.3 is 0 Å². The third-order valence-corrected chi connectivity index (χ3v) is 3.37. The molecule has 0 bridgehead atoms. The van der Waals surface area contributed by atoms with Crippen LogP contribution in [0.1, 0.15) is 16.8 Å². The Morgan fingerprint density at radius 2 is 2.00 bits per heavy atom. The Morgan fingerprint density at radius 1 is 1.39 bits per heavy atom. The largest absolute Gasteiger partial charge is 0.384 e. The summed E-state index contributed by atoms with van der Waals surface area (Å²) in [5, 5.41) is 3.70. The van der Waals surface area contributed by atoms with E-state index in [0.29, 0.717) is 28.8 Å².